The Hall–Kier alpha value is -1.89. The summed E-state index contributed by atoms with van der Waals surface area (Å²) >= 11 is 2.03. The molecule has 1 aromatic rings. The van der Waals surface area contributed by atoms with E-state index in [9.17, 15) is 9.90 Å². The summed E-state index contributed by atoms with van der Waals surface area (Å²) in [5.74, 6) is 2.06. The van der Waals surface area contributed by atoms with Gasteiger partial charge in [0, 0.05) is 42.7 Å². The van der Waals surface area contributed by atoms with Gasteiger partial charge in [-0.05, 0) is 37.6 Å². The predicted molar refractivity (Wildman–Crippen MR) is 105 cm³/mol. The van der Waals surface area contributed by atoms with Gasteiger partial charge >= 0.3 is 0 Å². The molecule has 1 unspecified atom stereocenters. The Morgan fingerprint density at radius 2 is 2.08 bits per heavy atom. The summed E-state index contributed by atoms with van der Waals surface area (Å²) in [7, 11) is 0. The number of guanidine groups is 1. The van der Waals surface area contributed by atoms with Gasteiger partial charge in [0.1, 0.15) is 5.75 Å². The van der Waals surface area contributed by atoms with E-state index < -0.39 is 0 Å². The minimum Gasteiger partial charge on any atom is -0.508 e. The first-order valence-corrected chi connectivity index (χ1v) is 9.91. The Kier molecular flexibility index (Phi) is 7.91. The van der Waals surface area contributed by atoms with Crippen molar-refractivity contribution < 1.29 is 9.90 Å². The first-order chi connectivity index (χ1) is 12.1. The zero-order valence-electron chi connectivity index (χ0n) is 15.0. The number of hydrogen-bond donors (Lipinski definition) is 3. The highest BCUT2D eigenvalue weighted by Gasteiger charge is 2.21. The fraction of sp³-hybridized carbons (Fsp3) is 0.556. The fourth-order valence-corrected chi connectivity index (χ4v) is 3.81. The van der Waals surface area contributed by atoms with Crippen molar-refractivity contribution in [1.82, 2.24) is 15.5 Å². The standard InChI is InChI=1S/C18H28N4O2S/c1-3-16-13-22(11-12-25-16)18(19-4-2)21-10-9-20-17(24)14-5-7-15(23)8-6-14/h5-8,16,23H,3-4,9-13H2,1-2H3,(H,19,21)(H,20,24). The van der Waals surface area contributed by atoms with Gasteiger partial charge in [-0.15, -0.1) is 0 Å². The molecule has 25 heavy (non-hydrogen) atoms. The quantitative estimate of drug-likeness (QED) is 0.408. The van der Waals surface area contributed by atoms with Crippen LogP contribution in [-0.4, -0.2) is 65.6 Å². The van der Waals surface area contributed by atoms with Crippen LogP contribution in [0.4, 0.5) is 0 Å². The average Bonchev–Trinajstić information content (AvgIpc) is 2.64. The Bertz CT molecular complexity index is 577. The van der Waals surface area contributed by atoms with Gasteiger partial charge in [0.25, 0.3) is 5.91 Å². The minimum absolute atomic E-state index is 0.152. The molecule has 1 amide bonds. The number of nitrogens with zero attached hydrogens (tertiary/aromatic N) is 2. The van der Waals surface area contributed by atoms with Crippen molar-refractivity contribution in [3.8, 4) is 5.75 Å². The highest BCUT2D eigenvalue weighted by Crippen LogP contribution is 2.21. The summed E-state index contributed by atoms with van der Waals surface area (Å²) in [6, 6.07) is 6.23. The number of amides is 1. The molecule has 1 heterocycles. The second kappa shape index (κ2) is 10.2. The van der Waals surface area contributed by atoms with Crippen LogP contribution in [0.2, 0.25) is 0 Å². The molecule has 0 saturated carbocycles. The minimum atomic E-state index is -0.152. The van der Waals surface area contributed by atoms with Crippen LogP contribution < -0.4 is 10.6 Å². The van der Waals surface area contributed by atoms with Gasteiger partial charge in [0.05, 0.1) is 6.54 Å². The molecule has 7 heteroatoms. The topological polar surface area (TPSA) is 77.0 Å². The van der Waals surface area contributed by atoms with Crippen LogP contribution in [0.5, 0.6) is 5.75 Å². The van der Waals surface area contributed by atoms with Crippen LogP contribution in [0.25, 0.3) is 0 Å². The lowest BCUT2D eigenvalue weighted by molar-refractivity contribution is 0.0955. The van der Waals surface area contributed by atoms with Gasteiger partial charge < -0.3 is 20.6 Å². The number of carbonyl (C=O) groups excluding carboxylic acids is 1. The van der Waals surface area contributed by atoms with Crippen LogP contribution in [0.15, 0.2) is 29.3 Å². The molecule has 6 nitrogen and oxygen atoms in total. The third-order valence-electron chi connectivity index (χ3n) is 4.02. The third-order valence-corrected chi connectivity index (χ3v) is 5.39. The summed E-state index contributed by atoms with van der Waals surface area (Å²) in [6.45, 7) is 8.17. The Balaban J connectivity index is 1.84. The third kappa shape index (κ3) is 6.16. The molecule has 3 N–H and O–H groups in total. The number of benzene rings is 1. The Labute approximate surface area is 154 Å². The van der Waals surface area contributed by atoms with Crippen LogP contribution >= 0.6 is 11.8 Å². The molecule has 1 aromatic carbocycles. The van der Waals surface area contributed by atoms with Crippen LogP contribution in [-0.2, 0) is 0 Å². The first kappa shape index (κ1) is 19.4. The van der Waals surface area contributed by atoms with Crippen molar-refractivity contribution in [2.24, 2.45) is 4.99 Å². The van der Waals surface area contributed by atoms with E-state index in [-0.39, 0.29) is 11.7 Å². The number of aliphatic imine (C=N–C) groups is 1. The number of carbonyl (C=O) groups is 1. The van der Waals surface area contributed by atoms with Crippen LogP contribution in [0, 0.1) is 0 Å². The Morgan fingerprint density at radius 1 is 1.32 bits per heavy atom. The zero-order chi connectivity index (χ0) is 18.1. The van der Waals surface area contributed by atoms with Crippen LogP contribution in [0.3, 0.4) is 0 Å². The molecular formula is C18H28N4O2S. The van der Waals surface area contributed by atoms with E-state index in [0.29, 0.717) is 23.9 Å². The molecule has 0 aromatic heterocycles. The molecule has 2 rings (SSSR count). The first-order valence-electron chi connectivity index (χ1n) is 8.86. The summed E-state index contributed by atoms with van der Waals surface area (Å²) in [6.07, 6.45) is 1.17. The maximum atomic E-state index is 12.0. The number of aromatic hydroxyl groups is 1. The number of hydrogen-bond acceptors (Lipinski definition) is 4. The zero-order valence-corrected chi connectivity index (χ0v) is 15.8. The number of rotatable bonds is 6. The van der Waals surface area contributed by atoms with Crippen molar-refractivity contribution in [1.29, 1.82) is 0 Å². The van der Waals surface area contributed by atoms with Crippen molar-refractivity contribution in [2.75, 3.05) is 38.5 Å². The molecule has 0 radical (unpaired) electrons. The van der Waals surface area contributed by atoms with Gasteiger partial charge in [-0.25, -0.2) is 0 Å². The smallest absolute Gasteiger partial charge is 0.251 e. The fourth-order valence-electron chi connectivity index (χ4n) is 2.63. The van der Waals surface area contributed by atoms with Gasteiger partial charge in [0.15, 0.2) is 5.96 Å². The highest BCUT2D eigenvalue weighted by molar-refractivity contribution is 8.00. The second-order valence-corrected chi connectivity index (χ2v) is 7.29. The lowest BCUT2D eigenvalue weighted by Gasteiger charge is -2.34. The van der Waals surface area contributed by atoms with E-state index in [1.165, 1.54) is 18.6 Å². The van der Waals surface area contributed by atoms with Crippen molar-refractivity contribution in [3.05, 3.63) is 29.8 Å². The largest absolute Gasteiger partial charge is 0.508 e. The Morgan fingerprint density at radius 3 is 2.76 bits per heavy atom. The highest BCUT2D eigenvalue weighted by atomic mass is 32.2. The summed E-state index contributed by atoms with van der Waals surface area (Å²) in [5.41, 5.74) is 0.535. The monoisotopic (exact) mass is 364 g/mol. The number of nitrogens with one attached hydrogen (secondary N) is 2. The van der Waals surface area contributed by atoms with Gasteiger partial charge in [-0.1, -0.05) is 6.92 Å². The normalized spacial score (nSPS) is 18.1. The van der Waals surface area contributed by atoms with Gasteiger partial charge in [-0.3, -0.25) is 9.79 Å². The van der Waals surface area contributed by atoms with E-state index in [4.69, 9.17) is 0 Å². The number of phenolic OH excluding ortho intramolecular Hbond substituents is 1. The molecular weight excluding hydrogens is 336 g/mol. The number of thioether (sulfide) groups is 1. The average molecular weight is 365 g/mol. The second-order valence-electron chi connectivity index (χ2n) is 5.89. The van der Waals surface area contributed by atoms with Crippen molar-refractivity contribution >= 4 is 23.6 Å². The molecule has 1 saturated heterocycles. The molecule has 1 fully saturated rings. The van der Waals surface area contributed by atoms with E-state index >= 15 is 0 Å². The molecule has 1 atom stereocenters. The van der Waals surface area contributed by atoms with E-state index in [1.54, 1.807) is 12.1 Å². The molecule has 1 aliphatic heterocycles. The molecule has 1 aliphatic rings. The molecule has 0 aliphatic carbocycles. The molecule has 138 valence electrons. The van der Waals surface area contributed by atoms with E-state index in [1.807, 2.05) is 11.8 Å². The summed E-state index contributed by atoms with van der Waals surface area (Å²) in [4.78, 5) is 19.0. The maximum Gasteiger partial charge on any atom is 0.251 e. The lowest BCUT2D eigenvalue weighted by Crippen LogP contribution is -2.48. The van der Waals surface area contributed by atoms with Gasteiger partial charge in [0.2, 0.25) is 0 Å². The maximum absolute atomic E-state index is 12.0. The molecule has 0 bridgehead atoms. The number of phenols is 1. The van der Waals surface area contributed by atoms with Crippen molar-refractivity contribution in [2.45, 2.75) is 25.5 Å². The summed E-state index contributed by atoms with van der Waals surface area (Å²) < 4.78 is 0. The predicted octanol–water partition coefficient (Wildman–Crippen LogP) is 1.91. The lowest BCUT2D eigenvalue weighted by atomic mass is 10.2. The van der Waals surface area contributed by atoms with E-state index in [2.05, 4.69) is 34.4 Å². The van der Waals surface area contributed by atoms with Gasteiger partial charge in [-0.2, -0.15) is 11.8 Å². The van der Waals surface area contributed by atoms with E-state index in [0.717, 1.165) is 31.3 Å². The SMILES string of the molecule is CCNC(=NCCNC(=O)c1ccc(O)cc1)N1CCSC(CC)C1. The van der Waals surface area contributed by atoms with Crippen LogP contribution in [0.1, 0.15) is 30.6 Å². The molecule has 0 spiro atoms. The van der Waals surface area contributed by atoms with Crippen molar-refractivity contribution in [3.63, 3.8) is 0 Å². The summed E-state index contributed by atoms with van der Waals surface area (Å²) in [5, 5.41) is 16.1.